The van der Waals surface area contributed by atoms with E-state index in [4.69, 9.17) is 4.74 Å². The summed E-state index contributed by atoms with van der Waals surface area (Å²) in [5.74, 6) is 0.00268. The molecule has 0 fully saturated rings. The summed E-state index contributed by atoms with van der Waals surface area (Å²) in [4.78, 5) is 0. The molecule has 2 N–H and O–H groups in total. The lowest BCUT2D eigenvalue weighted by atomic mass is 10.0. The second-order valence-electron chi connectivity index (χ2n) is 5.38. The van der Waals surface area contributed by atoms with Crippen LogP contribution in [0.4, 0.5) is 0 Å². The number of unbranched alkanes of at least 4 members (excludes halogenated alkanes) is 2. The SMILES string of the molecule is CCCCOCCCCc1cc2ccccc2c(O)c1O. The first-order valence-corrected chi connectivity index (χ1v) is 7.74. The van der Waals surface area contributed by atoms with Crippen LogP contribution in [0.1, 0.15) is 38.2 Å². The lowest BCUT2D eigenvalue weighted by molar-refractivity contribution is 0.127. The maximum atomic E-state index is 10.1. The van der Waals surface area contributed by atoms with E-state index in [1.807, 2.05) is 30.3 Å². The van der Waals surface area contributed by atoms with Crippen molar-refractivity contribution in [2.75, 3.05) is 13.2 Å². The van der Waals surface area contributed by atoms with E-state index < -0.39 is 0 Å². The molecule has 0 aliphatic rings. The third-order valence-corrected chi connectivity index (χ3v) is 3.70. The van der Waals surface area contributed by atoms with Gasteiger partial charge in [0, 0.05) is 18.6 Å². The van der Waals surface area contributed by atoms with Crippen LogP contribution in [0.5, 0.6) is 11.5 Å². The summed E-state index contributed by atoms with van der Waals surface area (Å²) < 4.78 is 5.52. The minimum Gasteiger partial charge on any atom is -0.504 e. The van der Waals surface area contributed by atoms with Crippen molar-refractivity contribution in [2.45, 2.75) is 39.0 Å². The summed E-state index contributed by atoms with van der Waals surface area (Å²) in [6.07, 6.45) is 4.93. The monoisotopic (exact) mass is 288 g/mol. The van der Waals surface area contributed by atoms with Crippen LogP contribution in [0, 0.1) is 0 Å². The Kier molecular flexibility index (Phi) is 5.88. The van der Waals surface area contributed by atoms with Crippen LogP contribution in [0.3, 0.4) is 0 Å². The van der Waals surface area contributed by atoms with Gasteiger partial charge in [0.1, 0.15) is 0 Å². The summed E-state index contributed by atoms with van der Waals surface area (Å²) in [6, 6.07) is 9.52. The van der Waals surface area contributed by atoms with E-state index in [9.17, 15) is 10.2 Å². The number of hydrogen-bond donors (Lipinski definition) is 2. The third kappa shape index (κ3) is 4.11. The van der Waals surface area contributed by atoms with Gasteiger partial charge in [-0.25, -0.2) is 0 Å². The van der Waals surface area contributed by atoms with E-state index in [1.165, 1.54) is 0 Å². The predicted octanol–water partition coefficient (Wildman–Crippen LogP) is 4.39. The maximum Gasteiger partial charge on any atom is 0.165 e. The molecule has 3 nitrogen and oxygen atoms in total. The number of rotatable bonds is 8. The first kappa shape index (κ1) is 15.6. The molecule has 0 saturated heterocycles. The molecule has 2 rings (SSSR count). The van der Waals surface area contributed by atoms with Crippen molar-refractivity contribution < 1.29 is 14.9 Å². The lowest BCUT2D eigenvalue weighted by Crippen LogP contribution is -1.97. The average Bonchev–Trinajstić information content (AvgIpc) is 2.51. The van der Waals surface area contributed by atoms with E-state index in [2.05, 4.69) is 6.92 Å². The van der Waals surface area contributed by atoms with Crippen molar-refractivity contribution in [3.63, 3.8) is 0 Å². The molecule has 0 spiro atoms. The second-order valence-corrected chi connectivity index (χ2v) is 5.38. The van der Waals surface area contributed by atoms with Crippen molar-refractivity contribution in [3.05, 3.63) is 35.9 Å². The Labute approximate surface area is 126 Å². The predicted molar refractivity (Wildman–Crippen MR) is 85.9 cm³/mol. The first-order chi connectivity index (χ1) is 10.2. The fourth-order valence-electron chi connectivity index (χ4n) is 2.43. The summed E-state index contributed by atoms with van der Waals surface area (Å²) in [7, 11) is 0. The van der Waals surface area contributed by atoms with E-state index in [0.29, 0.717) is 5.39 Å². The molecule has 0 unspecified atom stereocenters. The Morgan fingerprint density at radius 1 is 0.952 bits per heavy atom. The number of hydrogen-bond acceptors (Lipinski definition) is 3. The van der Waals surface area contributed by atoms with Gasteiger partial charge in [-0.3, -0.25) is 0 Å². The molecule has 0 amide bonds. The zero-order chi connectivity index (χ0) is 15.1. The molecular weight excluding hydrogens is 264 g/mol. The summed E-state index contributed by atoms with van der Waals surface area (Å²) in [5.41, 5.74) is 0.805. The van der Waals surface area contributed by atoms with E-state index in [-0.39, 0.29) is 11.5 Å². The smallest absolute Gasteiger partial charge is 0.165 e. The zero-order valence-corrected chi connectivity index (χ0v) is 12.6. The van der Waals surface area contributed by atoms with Gasteiger partial charge in [-0.2, -0.15) is 0 Å². The molecule has 2 aromatic rings. The highest BCUT2D eigenvalue weighted by atomic mass is 16.5. The van der Waals surface area contributed by atoms with Crippen LogP contribution in [0.15, 0.2) is 30.3 Å². The Morgan fingerprint density at radius 3 is 2.52 bits per heavy atom. The number of aryl methyl sites for hydroxylation is 1. The van der Waals surface area contributed by atoms with Crippen molar-refractivity contribution >= 4 is 10.8 Å². The maximum absolute atomic E-state index is 10.1. The Balaban J connectivity index is 1.91. The second kappa shape index (κ2) is 7.89. The molecule has 114 valence electrons. The number of benzene rings is 2. The van der Waals surface area contributed by atoms with Crippen LogP contribution in [0.2, 0.25) is 0 Å². The highest BCUT2D eigenvalue weighted by Crippen LogP contribution is 2.37. The van der Waals surface area contributed by atoms with Gasteiger partial charge in [0.25, 0.3) is 0 Å². The largest absolute Gasteiger partial charge is 0.504 e. The van der Waals surface area contributed by atoms with Gasteiger partial charge >= 0.3 is 0 Å². The summed E-state index contributed by atoms with van der Waals surface area (Å²) >= 11 is 0. The number of phenols is 2. The number of phenolic OH excluding ortho intramolecular Hbond substituents is 2. The van der Waals surface area contributed by atoms with Gasteiger partial charge in [0.05, 0.1) is 0 Å². The quantitative estimate of drug-likeness (QED) is 0.559. The van der Waals surface area contributed by atoms with Gasteiger partial charge in [0.15, 0.2) is 11.5 Å². The molecular formula is C18H24O3. The summed E-state index contributed by atoms with van der Waals surface area (Å²) in [6.45, 7) is 3.75. The van der Waals surface area contributed by atoms with Crippen LogP contribution in [-0.2, 0) is 11.2 Å². The molecule has 0 atom stereocenters. The van der Waals surface area contributed by atoms with Gasteiger partial charge in [-0.1, -0.05) is 37.6 Å². The molecule has 21 heavy (non-hydrogen) atoms. The van der Waals surface area contributed by atoms with Gasteiger partial charge in [-0.15, -0.1) is 0 Å². The Morgan fingerprint density at radius 2 is 1.71 bits per heavy atom. The van der Waals surface area contributed by atoms with Crippen LogP contribution in [0.25, 0.3) is 10.8 Å². The van der Waals surface area contributed by atoms with Gasteiger partial charge < -0.3 is 14.9 Å². The number of aromatic hydroxyl groups is 2. The normalized spacial score (nSPS) is 11.1. The average molecular weight is 288 g/mol. The Bertz CT molecular complexity index is 578. The highest BCUT2D eigenvalue weighted by Gasteiger charge is 2.11. The lowest BCUT2D eigenvalue weighted by Gasteiger charge is -2.10. The van der Waals surface area contributed by atoms with E-state index >= 15 is 0 Å². The molecule has 0 saturated carbocycles. The zero-order valence-electron chi connectivity index (χ0n) is 12.6. The van der Waals surface area contributed by atoms with Crippen molar-refractivity contribution in [1.82, 2.24) is 0 Å². The van der Waals surface area contributed by atoms with Crippen LogP contribution in [-0.4, -0.2) is 23.4 Å². The number of ether oxygens (including phenoxy) is 1. The van der Waals surface area contributed by atoms with E-state index in [0.717, 1.165) is 56.3 Å². The molecule has 0 radical (unpaired) electrons. The van der Waals surface area contributed by atoms with Crippen molar-refractivity contribution in [1.29, 1.82) is 0 Å². The number of fused-ring (bicyclic) bond motifs is 1. The van der Waals surface area contributed by atoms with Crippen molar-refractivity contribution in [3.8, 4) is 11.5 Å². The first-order valence-electron chi connectivity index (χ1n) is 7.74. The van der Waals surface area contributed by atoms with Crippen LogP contribution < -0.4 is 0 Å². The van der Waals surface area contributed by atoms with Gasteiger partial charge in [-0.05, 0) is 42.7 Å². The molecule has 0 bridgehead atoms. The molecule has 3 heteroatoms. The van der Waals surface area contributed by atoms with Gasteiger partial charge in [0.2, 0.25) is 0 Å². The third-order valence-electron chi connectivity index (χ3n) is 3.70. The Hall–Kier alpha value is -1.74. The fourth-order valence-corrected chi connectivity index (χ4v) is 2.43. The highest BCUT2D eigenvalue weighted by molar-refractivity contribution is 5.91. The van der Waals surface area contributed by atoms with Crippen molar-refractivity contribution in [2.24, 2.45) is 0 Å². The minimum absolute atomic E-state index is 0.0118. The summed E-state index contributed by atoms with van der Waals surface area (Å²) in [5, 5.41) is 21.8. The van der Waals surface area contributed by atoms with Crippen LogP contribution >= 0.6 is 0 Å². The molecule has 0 aliphatic heterocycles. The molecule has 0 aliphatic carbocycles. The minimum atomic E-state index is -0.0118. The molecule has 2 aromatic carbocycles. The topological polar surface area (TPSA) is 49.7 Å². The van der Waals surface area contributed by atoms with E-state index in [1.54, 1.807) is 0 Å². The molecule has 0 heterocycles. The fraction of sp³-hybridized carbons (Fsp3) is 0.444. The molecule has 0 aromatic heterocycles. The standard InChI is InChI=1S/C18H24O3/c1-2-3-11-21-12-7-6-9-15-13-14-8-4-5-10-16(14)18(20)17(15)19/h4-5,8,10,13,19-20H,2-3,6-7,9,11-12H2,1H3.